The molecule has 21 heavy (non-hydrogen) atoms. The van der Waals surface area contributed by atoms with Crippen LogP contribution in [-0.4, -0.2) is 52.2 Å². The molecule has 0 N–H and O–H groups in total. The second-order valence-electron chi connectivity index (χ2n) is 4.92. The molecule has 0 radical (unpaired) electrons. The second kappa shape index (κ2) is 7.31. The Morgan fingerprint density at radius 3 is 2.38 bits per heavy atom. The normalized spacial score (nSPS) is 18.0. The molecule has 1 fully saturated rings. The fourth-order valence-corrected chi connectivity index (χ4v) is 3.76. The van der Waals surface area contributed by atoms with Gasteiger partial charge in [0.25, 0.3) is 0 Å². The summed E-state index contributed by atoms with van der Waals surface area (Å²) in [5.74, 6) is -0.445. The van der Waals surface area contributed by atoms with Crippen molar-refractivity contribution in [3.63, 3.8) is 0 Å². The largest absolute Gasteiger partial charge is 0.382 e. The predicted molar refractivity (Wildman–Crippen MR) is 76.0 cm³/mol. The summed E-state index contributed by atoms with van der Waals surface area (Å²) in [6.45, 7) is 1.88. The maximum absolute atomic E-state index is 12.9. The van der Waals surface area contributed by atoms with Gasteiger partial charge in [-0.3, -0.25) is 0 Å². The molecule has 7 heteroatoms. The SMILES string of the molecule is COCCOC1CCN(S(=O)(=O)c2ccc(F)cc2)CC1. The lowest BCUT2D eigenvalue weighted by atomic mass is 10.1. The van der Waals surface area contributed by atoms with Gasteiger partial charge < -0.3 is 9.47 Å². The number of hydrogen-bond acceptors (Lipinski definition) is 4. The zero-order valence-corrected chi connectivity index (χ0v) is 12.8. The van der Waals surface area contributed by atoms with E-state index in [1.54, 1.807) is 7.11 Å². The summed E-state index contributed by atoms with van der Waals surface area (Å²) in [7, 11) is -1.93. The van der Waals surface area contributed by atoms with Gasteiger partial charge in [0.05, 0.1) is 24.2 Å². The molecule has 5 nitrogen and oxygen atoms in total. The number of benzene rings is 1. The van der Waals surface area contributed by atoms with Crippen LogP contribution >= 0.6 is 0 Å². The first-order chi connectivity index (χ1) is 10.0. The molecule has 0 aliphatic carbocycles. The third kappa shape index (κ3) is 4.23. The smallest absolute Gasteiger partial charge is 0.243 e. The number of sulfonamides is 1. The zero-order valence-electron chi connectivity index (χ0n) is 12.0. The van der Waals surface area contributed by atoms with Gasteiger partial charge in [0.2, 0.25) is 10.0 Å². The van der Waals surface area contributed by atoms with E-state index in [9.17, 15) is 12.8 Å². The molecule has 2 rings (SSSR count). The van der Waals surface area contributed by atoms with Crippen LogP contribution in [0.2, 0.25) is 0 Å². The van der Waals surface area contributed by atoms with Crippen molar-refractivity contribution in [2.45, 2.75) is 23.8 Å². The molecule has 1 aliphatic heterocycles. The third-order valence-corrected chi connectivity index (χ3v) is 5.41. The fourth-order valence-electron chi connectivity index (χ4n) is 2.29. The van der Waals surface area contributed by atoms with Crippen LogP contribution in [0.3, 0.4) is 0 Å². The molecule has 0 atom stereocenters. The Kier molecular flexibility index (Phi) is 5.69. The zero-order chi connectivity index (χ0) is 15.3. The van der Waals surface area contributed by atoms with Gasteiger partial charge in [-0.25, -0.2) is 12.8 Å². The van der Waals surface area contributed by atoms with Gasteiger partial charge >= 0.3 is 0 Å². The van der Waals surface area contributed by atoms with E-state index in [0.717, 1.165) is 12.1 Å². The third-order valence-electron chi connectivity index (χ3n) is 3.49. The summed E-state index contributed by atoms with van der Waals surface area (Å²) in [4.78, 5) is 0.127. The van der Waals surface area contributed by atoms with Gasteiger partial charge in [-0.05, 0) is 37.1 Å². The summed E-state index contributed by atoms with van der Waals surface area (Å²) in [5, 5.41) is 0. The highest BCUT2D eigenvalue weighted by molar-refractivity contribution is 7.89. The first-order valence-electron chi connectivity index (χ1n) is 6.90. The Morgan fingerprint density at radius 1 is 1.19 bits per heavy atom. The summed E-state index contributed by atoms with van der Waals surface area (Å²) in [6, 6.07) is 4.92. The monoisotopic (exact) mass is 317 g/mol. The van der Waals surface area contributed by atoms with Crippen LogP contribution < -0.4 is 0 Å². The summed E-state index contributed by atoms with van der Waals surface area (Å²) in [5.41, 5.74) is 0. The van der Waals surface area contributed by atoms with Gasteiger partial charge in [-0.1, -0.05) is 0 Å². The quantitative estimate of drug-likeness (QED) is 0.749. The Hall–Kier alpha value is -1.02. The van der Waals surface area contributed by atoms with Gasteiger partial charge in [0.15, 0.2) is 0 Å². The minimum Gasteiger partial charge on any atom is -0.382 e. The summed E-state index contributed by atoms with van der Waals surface area (Å²) < 4.78 is 49.6. The van der Waals surface area contributed by atoms with E-state index in [4.69, 9.17) is 9.47 Å². The Morgan fingerprint density at radius 2 is 1.81 bits per heavy atom. The Bertz CT molecular complexity index is 539. The molecule has 1 heterocycles. The average molecular weight is 317 g/mol. The number of ether oxygens (including phenoxy) is 2. The van der Waals surface area contributed by atoms with Crippen LogP contribution in [0, 0.1) is 5.82 Å². The number of methoxy groups -OCH3 is 1. The number of nitrogens with zero attached hydrogens (tertiary/aromatic N) is 1. The standard InChI is InChI=1S/C14H20FNO4S/c1-19-10-11-20-13-6-8-16(9-7-13)21(17,18)14-4-2-12(15)3-5-14/h2-5,13H,6-11H2,1H3. The maximum Gasteiger partial charge on any atom is 0.243 e. The van der Waals surface area contributed by atoms with Crippen LogP contribution in [-0.2, 0) is 19.5 Å². The lowest BCUT2D eigenvalue weighted by Gasteiger charge is -2.31. The molecule has 0 spiro atoms. The van der Waals surface area contributed by atoms with Crippen molar-refractivity contribution in [2.75, 3.05) is 33.4 Å². The summed E-state index contributed by atoms with van der Waals surface area (Å²) in [6.07, 6.45) is 1.38. The van der Waals surface area contributed by atoms with Gasteiger partial charge in [-0.2, -0.15) is 4.31 Å². The molecule has 0 bridgehead atoms. The van der Waals surface area contributed by atoms with E-state index in [2.05, 4.69) is 0 Å². The van der Waals surface area contributed by atoms with Crippen LogP contribution in [0.5, 0.6) is 0 Å². The lowest BCUT2D eigenvalue weighted by Crippen LogP contribution is -2.41. The number of rotatable bonds is 6. The van der Waals surface area contributed by atoms with Crippen molar-refractivity contribution >= 4 is 10.0 Å². The Balaban J connectivity index is 1.93. The highest BCUT2D eigenvalue weighted by atomic mass is 32.2. The van der Waals surface area contributed by atoms with E-state index in [1.807, 2.05) is 0 Å². The molecule has 1 aromatic carbocycles. The second-order valence-corrected chi connectivity index (χ2v) is 6.86. The van der Waals surface area contributed by atoms with Gasteiger partial charge in [-0.15, -0.1) is 0 Å². The molecule has 1 saturated heterocycles. The number of hydrogen-bond donors (Lipinski definition) is 0. The minimum atomic E-state index is -3.54. The molecule has 118 valence electrons. The molecule has 0 unspecified atom stereocenters. The number of piperidine rings is 1. The lowest BCUT2D eigenvalue weighted by molar-refractivity contribution is -0.00501. The van der Waals surface area contributed by atoms with E-state index < -0.39 is 15.8 Å². The van der Waals surface area contributed by atoms with E-state index in [0.29, 0.717) is 39.1 Å². The highest BCUT2D eigenvalue weighted by Gasteiger charge is 2.29. The molecular formula is C14H20FNO4S. The van der Waals surface area contributed by atoms with Crippen molar-refractivity contribution in [1.82, 2.24) is 4.31 Å². The van der Waals surface area contributed by atoms with E-state index in [-0.39, 0.29) is 11.0 Å². The van der Waals surface area contributed by atoms with Crippen molar-refractivity contribution in [3.05, 3.63) is 30.1 Å². The molecular weight excluding hydrogens is 297 g/mol. The van der Waals surface area contributed by atoms with Gasteiger partial charge in [0.1, 0.15) is 5.82 Å². The average Bonchev–Trinajstić information content (AvgIpc) is 2.48. The van der Waals surface area contributed by atoms with Crippen LogP contribution in [0.4, 0.5) is 4.39 Å². The van der Waals surface area contributed by atoms with Gasteiger partial charge in [0, 0.05) is 20.2 Å². The maximum atomic E-state index is 12.9. The fraction of sp³-hybridized carbons (Fsp3) is 0.571. The first kappa shape index (κ1) is 16.4. The van der Waals surface area contributed by atoms with Crippen molar-refractivity contribution in [1.29, 1.82) is 0 Å². The van der Waals surface area contributed by atoms with Crippen LogP contribution in [0.25, 0.3) is 0 Å². The Labute approximate surface area is 124 Å². The molecule has 0 aromatic heterocycles. The molecule has 1 aliphatic rings. The molecule has 1 aromatic rings. The van der Waals surface area contributed by atoms with Crippen LogP contribution in [0.1, 0.15) is 12.8 Å². The minimum absolute atomic E-state index is 0.0693. The highest BCUT2D eigenvalue weighted by Crippen LogP contribution is 2.22. The van der Waals surface area contributed by atoms with Crippen molar-refractivity contribution < 1.29 is 22.3 Å². The van der Waals surface area contributed by atoms with Crippen molar-refractivity contribution in [3.8, 4) is 0 Å². The predicted octanol–water partition coefficient (Wildman–Crippen LogP) is 1.64. The molecule has 0 amide bonds. The van der Waals surface area contributed by atoms with E-state index >= 15 is 0 Å². The van der Waals surface area contributed by atoms with Crippen LogP contribution in [0.15, 0.2) is 29.2 Å². The summed E-state index contributed by atoms with van der Waals surface area (Å²) >= 11 is 0. The molecule has 0 saturated carbocycles. The number of halogens is 1. The van der Waals surface area contributed by atoms with Crippen molar-refractivity contribution in [2.24, 2.45) is 0 Å². The topological polar surface area (TPSA) is 55.8 Å². The first-order valence-corrected chi connectivity index (χ1v) is 8.34. The van der Waals surface area contributed by atoms with E-state index in [1.165, 1.54) is 16.4 Å².